The lowest BCUT2D eigenvalue weighted by molar-refractivity contribution is -0.138. The molecule has 0 aliphatic carbocycles. The Morgan fingerprint density at radius 3 is 2.00 bits per heavy atom. The number of aliphatic carboxylic acids is 1. The minimum atomic E-state index is -1.01. The van der Waals surface area contributed by atoms with Gasteiger partial charge in [0.15, 0.2) is 0 Å². The Bertz CT molecular complexity index is 485. The van der Waals surface area contributed by atoms with Crippen molar-refractivity contribution in [3.63, 3.8) is 0 Å². The third-order valence-electron chi connectivity index (χ3n) is 2.15. The summed E-state index contributed by atoms with van der Waals surface area (Å²) in [7, 11) is 1.33. The molecule has 0 aromatic heterocycles. The van der Waals surface area contributed by atoms with E-state index in [2.05, 4.69) is 24.5 Å². The van der Waals surface area contributed by atoms with Crippen LogP contribution in [0.15, 0.2) is 48.6 Å². The van der Waals surface area contributed by atoms with Crippen LogP contribution in [-0.4, -0.2) is 36.7 Å². The maximum absolute atomic E-state index is 11.1. The fourth-order valence-electron chi connectivity index (χ4n) is 0.858. The summed E-state index contributed by atoms with van der Waals surface area (Å²) in [5, 5.41) is 8.55. The molecule has 6 nitrogen and oxygen atoms in total. The summed E-state index contributed by atoms with van der Waals surface area (Å²) in [4.78, 5) is 31.8. The van der Waals surface area contributed by atoms with Gasteiger partial charge in [-0.1, -0.05) is 31.9 Å². The third-order valence-corrected chi connectivity index (χ3v) is 2.15. The Balaban J connectivity index is 0. The number of rotatable bonds is 7. The molecule has 0 unspecified atom stereocenters. The van der Waals surface area contributed by atoms with Crippen LogP contribution in [0.4, 0.5) is 0 Å². The maximum Gasteiger partial charge on any atom is 0.334 e. The van der Waals surface area contributed by atoms with E-state index in [9.17, 15) is 14.4 Å². The molecule has 0 amide bonds. The summed E-state index contributed by atoms with van der Waals surface area (Å²) < 4.78 is 8.99. The average Bonchev–Trinajstić information content (AvgIpc) is 2.48. The monoisotopic (exact) mass is 310 g/mol. The summed E-state index contributed by atoms with van der Waals surface area (Å²) in [5.41, 5.74) is 0.827. The number of carboxylic acids is 1. The Labute approximate surface area is 130 Å². The van der Waals surface area contributed by atoms with Crippen molar-refractivity contribution in [2.75, 3.05) is 13.7 Å². The molecule has 22 heavy (non-hydrogen) atoms. The van der Waals surface area contributed by atoms with Crippen LogP contribution in [0, 0.1) is 0 Å². The summed E-state index contributed by atoms with van der Waals surface area (Å²) in [6.45, 7) is 13.4. The molecule has 0 aromatic rings. The molecule has 6 heteroatoms. The van der Waals surface area contributed by atoms with Crippen LogP contribution < -0.4 is 0 Å². The van der Waals surface area contributed by atoms with Gasteiger partial charge in [-0.25, -0.2) is 14.4 Å². The van der Waals surface area contributed by atoms with Gasteiger partial charge in [0.2, 0.25) is 0 Å². The van der Waals surface area contributed by atoms with Crippen LogP contribution in [0.3, 0.4) is 0 Å². The van der Waals surface area contributed by atoms with Gasteiger partial charge in [-0.2, -0.15) is 0 Å². The van der Waals surface area contributed by atoms with Gasteiger partial charge >= 0.3 is 17.9 Å². The quantitative estimate of drug-likeness (QED) is 0.441. The molecule has 122 valence electrons. The molecular weight excluding hydrogens is 288 g/mol. The zero-order valence-corrected chi connectivity index (χ0v) is 13.2. The molecule has 0 aliphatic heterocycles. The van der Waals surface area contributed by atoms with Crippen molar-refractivity contribution >= 4 is 17.9 Å². The molecule has 0 saturated heterocycles. The van der Waals surface area contributed by atoms with Gasteiger partial charge in [-0.05, 0) is 20.3 Å². The first kappa shape index (κ1) is 21.7. The van der Waals surface area contributed by atoms with Crippen molar-refractivity contribution < 1.29 is 29.0 Å². The molecule has 0 saturated carbocycles. The first-order valence-electron chi connectivity index (χ1n) is 6.27. The number of hydrogen-bond donors (Lipinski definition) is 1. The highest BCUT2D eigenvalue weighted by molar-refractivity contribution is 5.89. The van der Waals surface area contributed by atoms with Gasteiger partial charge in [-0.3, -0.25) is 0 Å². The van der Waals surface area contributed by atoms with Crippen molar-refractivity contribution in [2.24, 2.45) is 0 Å². The Kier molecular flexibility index (Phi) is 12.0. The van der Waals surface area contributed by atoms with Crippen molar-refractivity contribution in [1.82, 2.24) is 0 Å². The molecule has 0 rings (SSSR count). The van der Waals surface area contributed by atoms with Gasteiger partial charge in [0.1, 0.15) is 6.61 Å². The predicted molar refractivity (Wildman–Crippen MR) is 83.1 cm³/mol. The second kappa shape index (κ2) is 12.1. The second-order valence-electron chi connectivity index (χ2n) is 4.16. The average molecular weight is 310 g/mol. The number of carbonyl (C=O) groups is 3. The molecular formula is C16H22O6. The number of esters is 2. The maximum atomic E-state index is 11.1. The van der Waals surface area contributed by atoms with E-state index in [1.807, 2.05) is 0 Å². The summed E-state index contributed by atoms with van der Waals surface area (Å²) in [5.74, 6) is -1.90. The molecule has 0 aromatic carbocycles. The lowest BCUT2D eigenvalue weighted by Gasteiger charge is -2.02. The predicted octanol–water partition coefficient (Wildman–Crippen LogP) is 2.43. The summed E-state index contributed by atoms with van der Waals surface area (Å²) in [6.07, 6.45) is 3.04. The molecule has 0 spiro atoms. The van der Waals surface area contributed by atoms with Crippen LogP contribution in [0.5, 0.6) is 0 Å². The normalized spacial score (nSPS) is 9.68. The van der Waals surface area contributed by atoms with Gasteiger partial charge in [0, 0.05) is 16.7 Å². The SMILES string of the molecule is C=C(C)C(=O)OC.C=CCOC(=O)C(=C)CC=C(C)C(=O)O. The number of hydrogen-bond acceptors (Lipinski definition) is 5. The first-order valence-corrected chi connectivity index (χ1v) is 6.27. The number of carbonyl (C=O) groups excluding carboxylic acids is 2. The van der Waals surface area contributed by atoms with Crippen molar-refractivity contribution in [3.8, 4) is 0 Å². The Morgan fingerprint density at radius 1 is 1.14 bits per heavy atom. The third kappa shape index (κ3) is 11.2. The summed E-state index contributed by atoms with van der Waals surface area (Å²) >= 11 is 0. The Hall–Kier alpha value is -2.63. The molecule has 0 heterocycles. The highest BCUT2D eigenvalue weighted by atomic mass is 16.5. The summed E-state index contributed by atoms with van der Waals surface area (Å²) in [6, 6.07) is 0. The van der Waals surface area contributed by atoms with Crippen LogP contribution in [0.25, 0.3) is 0 Å². The van der Waals surface area contributed by atoms with E-state index in [-0.39, 0.29) is 30.1 Å². The Morgan fingerprint density at radius 2 is 1.68 bits per heavy atom. The lowest BCUT2D eigenvalue weighted by Crippen LogP contribution is -2.07. The van der Waals surface area contributed by atoms with Gasteiger partial charge in [0.25, 0.3) is 0 Å². The number of methoxy groups -OCH3 is 1. The van der Waals surface area contributed by atoms with E-state index in [0.29, 0.717) is 5.57 Å². The van der Waals surface area contributed by atoms with E-state index >= 15 is 0 Å². The van der Waals surface area contributed by atoms with Crippen LogP contribution in [0.2, 0.25) is 0 Å². The first-order chi connectivity index (χ1) is 10.2. The zero-order chi connectivity index (χ0) is 17.7. The fraction of sp³-hybridized carbons (Fsp3) is 0.312. The molecule has 0 radical (unpaired) electrons. The van der Waals surface area contributed by atoms with Crippen LogP contribution in [0.1, 0.15) is 20.3 Å². The standard InChI is InChI=1S/C11H14O4.C5H8O2/c1-4-7-15-11(14)9(3)6-5-8(2)10(12)13;1-4(2)5(6)7-3/h4-5H,1,3,6-7H2,2H3,(H,12,13);1H2,2-3H3. The highest BCUT2D eigenvalue weighted by Crippen LogP contribution is 2.05. The van der Waals surface area contributed by atoms with E-state index in [1.165, 1.54) is 26.2 Å². The van der Waals surface area contributed by atoms with E-state index in [4.69, 9.17) is 9.84 Å². The van der Waals surface area contributed by atoms with Crippen molar-refractivity contribution in [2.45, 2.75) is 20.3 Å². The second-order valence-corrected chi connectivity index (χ2v) is 4.16. The van der Waals surface area contributed by atoms with E-state index in [1.54, 1.807) is 6.92 Å². The lowest BCUT2D eigenvalue weighted by atomic mass is 10.1. The smallest absolute Gasteiger partial charge is 0.334 e. The highest BCUT2D eigenvalue weighted by Gasteiger charge is 2.07. The van der Waals surface area contributed by atoms with Crippen LogP contribution >= 0.6 is 0 Å². The molecule has 0 fully saturated rings. The molecule has 0 aliphatic rings. The molecule has 0 atom stereocenters. The minimum absolute atomic E-state index is 0.124. The number of carboxylic acid groups (broad SMARTS) is 1. The number of ether oxygens (including phenoxy) is 2. The fourth-order valence-corrected chi connectivity index (χ4v) is 0.858. The zero-order valence-electron chi connectivity index (χ0n) is 13.2. The molecule has 1 N–H and O–H groups in total. The van der Waals surface area contributed by atoms with E-state index < -0.39 is 11.9 Å². The minimum Gasteiger partial charge on any atom is -0.478 e. The van der Waals surface area contributed by atoms with Crippen molar-refractivity contribution in [1.29, 1.82) is 0 Å². The van der Waals surface area contributed by atoms with E-state index in [0.717, 1.165) is 0 Å². The van der Waals surface area contributed by atoms with Crippen molar-refractivity contribution in [3.05, 3.63) is 48.6 Å². The van der Waals surface area contributed by atoms with Gasteiger partial charge in [0.05, 0.1) is 7.11 Å². The van der Waals surface area contributed by atoms with Gasteiger partial charge < -0.3 is 14.6 Å². The number of allylic oxidation sites excluding steroid dienone is 1. The van der Waals surface area contributed by atoms with Crippen LogP contribution in [-0.2, 0) is 23.9 Å². The van der Waals surface area contributed by atoms with Gasteiger partial charge in [-0.15, -0.1) is 0 Å². The topological polar surface area (TPSA) is 89.9 Å². The molecule has 0 bridgehead atoms. The largest absolute Gasteiger partial charge is 0.478 e.